The van der Waals surface area contributed by atoms with E-state index in [0.29, 0.717) is 11.5 Å². The molecule has 2 aliphatic carbocycles. The third-order valence-corrected chi connectivity index (χ3v) is 5.25. The van der Waals surface area contributed by atoms with Crippen molar-refractivity contribution in [2.45, 2.75) is 24.7 Å². The van der Waals surface area contributed by atoms with Crippen molar-refractivity contribution in [1.29, 1.82) is 0 Å². The molecule has 0 radical (unpaired) electrons. The minimum atomic E-state index is -4.32. The van der Waals surface area contributed by atoms with E-state index < -0.39 is 10.1 Å². The lowest BCUT2D eigenvalue weighted by Gasteiger charge is -2.04. The third-order valence-electron chi connectivity index (χ3n) is 4.35. The lowest BCUT2D eigenvalue weighted by atomic mass is 10.0. The van der Waals surface area contributed by atoms with Gasteiger partial charge >= 0.3 is 0 Å². The van der Waals surface area contributed by atoms with Crippen LogP contribution in [0.2, 0.25) is 0 Å². The Balaban J connectivity index is 2.28. The van der Waals surface area contributed by atoms with E-state index in [0.717, 1.165) is 28.0 Å². The fraction of sp³-hybridized carbons (Fsp3) is 0.200. The van der Waals surface area contributed by atoms with E-state index >= 15 is 0 Å². The monoisotopic (exact) mass is 356 g/mol. The summed E-state index contributed by atoms with van der Waals surface area (Å²) in [6, 6.07) is 16.5. The van der Waals surface area contributed by atoms with Crippen LogP contribution in [-0.2, 0) is 10.1 Å². The second-order valence-corrected chi connectivity index (χ2v) is 7.66. The fourth-order valence-electron chi connectivity index (χ4n) is 2.94. The number of methoxy groups -OCH3 is 1. The molecule has 25 heavy (non-hydrogen) atoms. The predicted molar refractivity (Wildman–Crippen MR) is 99.0 cm³/mol. The van der Waals surface area contributed by atoms with Gasteiger partial charge in [-0.2, -0.15) is 8.42 Å². The maximum absolute atomic E-state index is 11.8. The van der Waals surface area contributed by atoms with Crippen LogP contribution in [-0.4, -0.2) is 20.1 Å². The second-order valence-electron chi connectivity index (χ2n) is 6.27. The van der Waals surface area contributed by atoms with Crippen molar-refractivity contribution in [3.05, 3.63) is 60.2 Å². The molecule has 0 atom stereocenters. The summed E-state index contributed by atoms with van der Waals surface area (Å²) < 4.78 is 38.5. The highest BCUT2D eigenvalue weighted by Crippen LogP contribution is 2.41. The SMILES string of the molecule is COc1ccc(-c2cc(S(=O)(=O)O)c3ccc(C(C)C)ccc2-3)cc1. The van der Waals surface area contributed by atoms with Crippen molar-refractivity contribution >= 4 is 10.1 Å². The molecule has 0 aromatic heterocycles. The molecule has 5 heteroatoms. The first-order chi connectivity index (χ1) is 11.8. The first-order valence-corrected chi connectivity index (χ1v) is 9.44. The van der Waals surface area contributed by atoms with Crippen molar-refractivity contribution in [3.8, 4) is 28.0 Å². The average molecular weight is 356 g/mol. The van der Waals surface area contributed by atoms with E-state index in [1.165, 1.54) is 6.07 Å². The van der Waals surface area contributed by atoms with Crippen LogP contribution in [0, 0.1) is 0 Å². The summed E-state index contributed by atoms with van der Waals surface area (Å²) in [5.41, 5.74) is 4.01. The van der Waals surface area contributed by atoms with Gasteiger partial charge in [-0.15, -0.1) is 0 Å². The van der Waals surface area contributed by atoms with Crippen molar-refractivity contribution < 1.29 is 17.7 Å². The molecule has 1 N–H and O–H groups in total. The summed E-state index contributed by atoms with van der Waals surface area (Å²) in [5, 5.41) is 0. The molecule has 0 saturated heterocycles. The average Bonchev–Trinajstić information content (AvgIpc) is 2.80. The zero-order chi connectivity index (χ0) is 18.2. The summed E-state index contributed by atoms with van der Waals surface area (Å²) in [7, 11) is -2.72. The Bertz CT molecular complexity index is 973. The van der Waals surface area contributed by atoms with Crippen LogP contribution in [0.5, 0.6) is 5.75 Å². The maximum Gasteiger partial charge on any atom is 0.295 e. The highest BCUT2D eigenvalue weighted by Gasteiger charge is 2.23. The molecule has 0 bridgehead atoms. The summed E-state index contributed by atoms with van der Waals surface area (Å²) in [6.07, 6.45) is 0. The molecule has 0 saturated carbocycles. The standard InChI is InChI=1S/C20H20O4S/c1-13(2)14-6-10-17-18(11-7-14)20(25(21,22)23)12-19(17)15-4-8-16(24-3)9-5-15/h4-13H,1-3H3,(H,21,22,23). The number of fused-ring (bicyclic) bond motifs is 1. The number of ether oxygens (including phenoxy) is 1. The summed E-state index contributed by atoms with van der Waals surface area (Å²) in [6.45, 7) is 4.15. The number of hydrogen-bond donors (Lipinski definition) is 1. The van der Waals surface area contributed by atoms with E-state index in [1.54, 1.807) is 13.2 Å². The van der Waals surface area contributed by atoms with Crippen LogP contribution in [0.4, 0.5) is 0 Å². The first-order valence-electron chi connectivity index (χ1n) is 8.00. The van der Waals surface area contributed by atoms with Gasteiger partial charge in [-0.3, -0.25) is 4.55 Å². The lowest BCUT2D eigenvalue weighted by molar-refractivity contribution is 0.415. The highest BCUT2D eigenvalue weighted by atomic mass is 32.2. The molecule has 0 aliphatic heterocycles. The molecule has 0 heterocycles. The molecular weight excluding hydrogens is 336 g/mol. The molecule has 3 rings (SSSR count). The van der Waals surface area contributed by atoms with Gasteiger partial charge in [0.15, 0.2) is 0 Å². The van der Waals surface area contributed by atoms with Crippen molar-refractivity contribution in [1.82, 2.24) is 0 Å². The van der Waals surface area contributed by atoms with E-state index in [9.17, 15) is 13.0 Å². The smallest absolute Gasteiger partial charge is 0.295 e. The van der Waals surface area contributed by atoms with Gasteiger partial charge in [0.2, 0.25) is 0 Å². The van der Waals surface area contributed by atoms with Crippen LogP contribution in [0.1, 0.15) is 25.3 Å². The van der Waals surface area contributed by atoms with Crippen LogP contribution >= 0.6 is 0 Å². The molecule has 0 amide bonds. The number of rotatable bonds is 4. The molecule has 1 aromatic carbocycles. The van der Waals surface area contributed by atoms with Gasteiger partial charge in [0.05, 0.1) is 7.11 Å². The van der Waals surface area contributed by atoms with E-state index in [-0.39, 0.29) is 4.90 Å². The molecule has 0 spiro atoms. The van der Waals surface area contributed by atoms with E-state index in [2.05, 4.69) is 13.8 Å². The van der Waals surface area contributed by atoms with Crippen LogP contribution < -0.4 is 4.74 Å². The van der Waals surface area contributed by atoms with Crippen LogP contribution in [0.15, 0.2) is 59.5 Å². The number of benzene rings is 1. The highest BCUT2D eigenvalue weighted by molar-refractivity contribution is 7.86. The quantitative estimate of drug-likeness (QED) is 0.680. The van der Waals surface area contributed by atoms with E-state index in [4.69, 9.17) is 4.74 Å². The second kappa shape index (κ2) is 6.50. The molecule has 1 aromatic rings. The minimum Gasteiger partial charge on any atom is -0.497 e. The predicted octanol–water partition coefficient (Wildman–Crippen LogP) is 4.84. The van der Waals surface area contributed by atoms with Gasteiger partial charge in [-0.25, -0.2) is 0 Å². The largest absolute Gasteiger partial charge is 0.497 e. The zero-order valence-corrected chi connectivity index (χ0v) is 15.2. The van der Waals surface area contributed by atoms with E-state index in [1.807, 2.05) is 42.5 Å². The van der Waals surface area contributed by atoms with Crippen LogP contribution in [0.3, 0.4) is 0 Å². The third kappa shape index (κ3) is 3.38. The molecule has 2 aliphatic rings. The zero-order valence-electron chi connectivity index (χ0n) is 14.4. The summed E-state index contributed by atoms with van der Waals surface area (Å²) in [5.74, 6) is 1.04. The van der Waals surface area contributed by atoms with Gasteiger partial charge in [-0.1, -0.05) is 50.2 Å². The number of hydrogen-bond acceptors (Lipinski definition) is 3. The molecular formula is C20H20O4S. The maximum atomic E-state index is 11.8. The Hall–Kier alpha value is -2.37. The first kappa shape index (κ1) is 17.5. The Morgan fingerprint density at radius 2 is 1.48 bits per heavy atom. The Morgan fingerprint density at radius 1 is 0.880 bits per heavy atom. The van der Waals surface area contributed by atoms with Gasteiger partial charge in [-0.05, 0) is 46.4 Å². The van der Waals surface area contributed by atoms with Crippen molar-refractivity contribution in [2.24, 2.45) is 0 Å². The Kier molecular flexibility index (Phi) is 4.54. The van der Waals surface area contributed by atoms with Gasteiger partial charge in [0, 0.05) is 5.56 Å². The minimum absolute atomic E-state index is 0.0702. The van der Waals surface area contributed by atoms with Gasteiger partial charge < -0.3 is 4.74 Å². The molecule has 130 valence electrons. The molecule has 4 nitrogen and oxygen atoms in total. The molecule has 0 unspecified atom stereocenters. The van der Waals surface area contributed by atoms with Gasteiger partial charge in [0.1, 0.15) is 10.6 Å². The van der Waals surface area contributed by atoms with Crippen molar-refractivity contribution in [2.75, 3.05) is 7.11 Å². The Labute approximate surface area is 148 Å². The molecule has 0 fully saturated rings. The summed E-state index contributed by atoms with van der Waals surface area (Å²) >= 11 is 0. The topological polar surface area (TPSA) is 63.6 Å². The summed E-state index contributed by atoms with van der Waals surface area (Å²) in [4.78, 5) is -0.0702. The van der Waals surface area contributed by atoms with Crippen molar-refractivity contribution in [3.63, 3.8) is 0 Å². The van der Waals surface area contributed by atoms with Gasteiger partial charge in [0.25, 0.3) is 10.1 Å². The lowest BCUT2D eigenvalue weighted by Crippen LogP contribution is -1.96. The van der Waals surface area contributed by atoms with Crippen LogP contribution in [0.25, 0.3) is 22.3 Å². The normalized spacial score (nSPS) is 11.9. The Morgan fingerprint density at radius 3 is 2.00 bits per heavy atom. The fourth-order valence-corrected chi connectivity index (χ4v) is 3.66.